The normalized spacial score (nSPS) is 11.4. The van der Waals surface area contributed by atoms with E-state index in [1.54, 1.807) is 6.20 Å². The van der Waals surface area contributed by atoms with Gasteiger partial charge in [-0.3, -0.25) is 4.79 Å². The summed E-state index contributed by atoms with van der Waals surface area (Å²) in [7, 11) is 0. The van der Waals surface area contributed by atoms with Crippen molar-refractivity contribution in [3.05, 3.63) is 59.8 Å². The molecule has 24 heavy (non-hydrogen) atoms. The molecule has 0 atom stereocenters. The number of thioether (sulfide) groups is 1. The first-order valence-electron chi connectivity index (χ1n) is 7.87. The molecule has 120 valence electrons. The average Bonchev–Trinajstić information content (AvgIpc) is 3.23. The number of ketones is 1. The van der Waals surface area contributed by atoms with Crippen molar-refractivity contribution in [1.82, 2.24) is 9.97 Å². The van der Waals surface area contributed by atoms with Gasteiger partial charge in [-0.05, 0) is 24.1 Å². The Morgan fingerprint density at radius 1 is 1.21 bits per heavy atom. The first-order chi connectivity index (χ1) is 11.8. The Bertz CT molecular complexity index is 999. The van der Waals surface area contributed by atoms with Gasteiger partial charge in [-0.2, -0.15) is 0 Å². The lowest BCUT2D eigenvalue weighted by Gasteiger charge is -2.00. The van der Waals surface area contributed by atoms with Gasteiger partial charge in [0.15, 0.2) is 11.4 Å². The van der Waals surface area contributed by atoms with Crippen molar-refractivity contribution >= 4 is 39.5 Å². The van der Waals surface area contributed by atoms with Gasteiger partial charge in [0, 0.05) is 22.7 Å². The highest BCUT2D eigenvalue weighted by molar-refractivity contribution is 7.99. The van der Waals surface area contributed by atoms with E-state index in [2.05, 4.69) is 23.0 Å². The van der Waals surface area contributed by atoms with Gasteiger partial charge in [0.05, 0.1) is 5.75 Å². The number of Topliss-reactive ketones (excluding diaryl/α,β-unsaturated/α-hetero) is 1. The fraction of sp³-hybridized carbons (Fsp3) is 0.158. The second-order valence-corrected chi connectivity index (χ2v) is 6.48. The summed E-state index contributed by atoms with van der Waals surface area (Å²) in [6, 6.07) is 13.7. The zero-order chi connectivity index (χ0) is 16.5. The number of para-hydroxylation sites is 3. The lowest BCUT2D eigenvalue weighted by atomic mass is 10.1. The highest BCUT2D eigenvalue weighted by Gasteiger charge is 2.15. The van der Waals surface area contributed by atoms with Gasteiger partial charge in [0.25, 0.3) is 5.22 Å². The van der Waals surface area contributed by atoms with Crippen molar-refractivity contribution in [2.24, 2.45) is 0 Å². The molecular formula is C19H16N2O2S. The Morgan fingerprint density at radius 2 is 2.08 bits per heavy atom. The third-order valence-electron chi connectivity index (χ3n) is 4.08. The fourth-order valence-corrected chi connectivity index (χ4v) is 3.58. The molecule has 1 N–H and O–H groups in total. The third-order valence-corrected chi connectivity index (χ3v) is 4.91. The van der Waals surface area contributed by atoms with E-state index in [4.69, 9.17) is 4.42 Å². The van der Waals surface area contributed by atoms with Crippen LogP contribution in [0.15, 0.2) is 58.3 Å². The molecule has 0 spiro atoms. The first-order valence-corrected chi connectivity index (χ1v) is 8.85. The molecule has 2 aromatic carbocycles. The van der Waals surface area contributed by atoms with Gasteiger partial charge in [-0.15, -0.1) is 0 Å². The maximum atomic E-state index is 12.6. The number of carbonyl (C=O) groups is 1. The standard InChI is InChI=1S/C19H16N2O2S/c1-2-12-6-5-7-13-14(10-20-18(12)13)16(22)11-24-19-21-15-8-3-4-9-17(15)23-19/h3-10,20H,2,11H2,1H3. The number of H-pyrrole nitrogens is 1. The number of aromatic nitrogens is 2. The van der Waals surface area contributed by atoms with Crippen LogP contribution in [-0.4, -0.2) is 21.5 Å². The molecule has 0 saturated heterocycles. The monoisotopic (exact) mass is 336 g/mol. The Labute approximate surface area is 143 Å². The van der Waals surface area contributed by atoms with E-state index in [0.717, 1.165) is 34.0 Å². The lowest BCUT2D eigenvalue weighted by Crippen LogP contribution is -2.01. The maximum absolute atomic E-state index is 12.6. The number of aryl methyl sites for hydroxylation is 1. The molecule has 0 aliphatic rings. The van der Waals surface area contributed by atoms with Crippen LogP contribution in [0.2, 0.25) is 0 Å². The third kappa shape index (κ3) is 2.61. The average molecular weight is 336 g/mol. The molecule has 4 rings (SSSR count). The number of hydrogen-bond donors (Lipinski definition) is 1. The summed E-state index contributed by atoms with van der Waals surface area (Å²) in [5.41, 5.74) is 4.55. The van der Waals surface area contributed by atoms with Crippen molar-refractivity contribution in [1.29, 1.82) is 0 Å². The summed E-state index contributed by atoms with van der Waals surface area (Å²) in [5.74, 6) is 0.373. The summed E-state index contributed by atoms with van der Waals surface area (Å²) in [6.07, 6.45) is 2.74. The summed E-state index contributed by atoms with van der Waals surface area (Å²) < 4.78 is 5.65. The van der Waals surface area contributed by atoms with Gasteiger partial charge in [0.2, 0.25) is 0 Å². The van der Waals surface area contributed by atoms with Crippen LogP contribution in [-0.2, 0) is 6.42 Å². The number of hydrogen-bond acceptors (Lipinski definition) is 4. The van der Waals surface area contributed by atoms with Crippen molar-refractivity contribution in [3.8, 4) is 0 Å². The smallest absolute Gasteiger partial charge is 0.257 e. The molecule has 5 heteroatoms. The van der Waals surface area contributed by atoms with Crippen molar-refractivity contribution in [2.45, 2.75) is 18.6 Å². The Balaban J connectivity index is 1.56. The number of carbonyl (C=O) groups excluding carboxylic acids is 1. The second-order valence-electron chi connectivity index (χ2n) is 5.55. The molecule has 0 amide bonds. The van der Waals surface area contributed by atoms with Crippen LogP contribution in [0.3, 0.4) is 0 Å². The Hall–Kier alpha value is -2.53. The Kier molecular flexibility index (Phi) is 3.86. The molecule has 0 bridgehead atoms. The molecule has 0 radical (unpaired) electrons. The number of nitrogens with zero attached hydrogens (tertiary/aromatic N) is 1. The SMILES string of the molecule is CCc1cccc2c(C(=O)CSc3nc4ccccc4o3)c[nH]c12. The zero-order valence-corrected chi connectivity index (χ0v) is 14.0. The van der Waals surface area contributed by atoms with Crippen LogP contribution in [0, 0.1) is 0 Å². The quantitative estimate of drug-likeness (QED) is 0.418. The van der Waals surface area contributed by atoms with Crippen LogP contribution in [0.25, 0.3) is 22.0 Å². The van der Waals surface area contributed by atoms with Gasteiger partial charge >= 0.3 is 0 Å². The molecule has 2 aromatic heterocycles. The van der Waals surface area contributed by atoms with Gasteiger partial charge in [-0.1, -0.05) is 49.0 Å². The van der Waals surface area contributed by atoms with E-state index in [-0.39, 0.29) is 5.78 Å². The summed E-state index contributed by atoms with van der Waals surface area (Å²) in [5, 5.41) is 1.51. The van der Waals surface area contributed by atoms with E-state index in [1.807, 2.05) is 36.4 Å². The van der Waals surface area contributed by atoms with Gasteiger partial charge in [0.1, 0.15) is 5.52 Å². The first kappa shape index (κ1) is 15.0. The molecule has 4 nitrogen and oxygen atoms in total. The minimum absolute atomic E-state index is 0.0711. The fourth-order valence-electron chi connectivity index (χ4n) is 2.86. The van der Waals surface area contributed by atoms with Crippen LogP contribution in [0.5, 0.6) is 0 Å². The van der Waals surface area contributed by atoms with Gasteiger partial charge < -0.3 is 9.40 Å². The van der Waals surface area contributed by atoms with Crippen molar-refractivity contribution in [2.75, 3.05) is 5.75 Å². The van der Waals surface area contributed by atoms with Crippen LogP contribution < -0.4 is 0 Å². The van der Waals surface area contributed by atoms with E-state index >= 15 is 0 Å². The number of aromatic amines is 1. The van der Waals surface area contributed by atoms with Crippen LogP contribution in [0.4, 0.5) is 0 Å². The topological polar surface area (TPSA) is 58.9 Å². The summed E-state index contributed by atoms with van der Waals surface area (Å²) >= 11 is 1.33. The molecule has 0 aliphatic carbocycles. The predicted molar refractivity (Wildman–Crippen MR) is 96.7 cm³/mol. The van der Waals surface area contributed by atoms with E-state index in [0.29, 0.717) is 11.0 Å². The molecule has 0 saturated carbocycles. The minimum atomic E-state index is 0.0711. The molecule has 0 unspecified atom stereocenters. The van der Waals surface area contributed by atoms with Crippen molar-refractivity contribution in [3.63, 3.8) is 0 Å². The summed E-state index contributed by atoms with van der Waals surface area (Å²) in [6.45, 7) is 2.11. The predicted octanol–water partition coefficient (Wildman–Crippen LogP) is 4.85. The lowest BCUT2D eigenvalue weighted by molar-refractivity contribution is 0.102. The highest BCUT2D eigenvalue weighted by Crippen LogP contribution is 2.26. The van der Waals surface area contributed by atoms with Crippen LogP contribution in [0.1, 0.15) is 22.8 Å². The van der Waals surface area contributed by atoms with Crippen LogP contribution >= 0.6 is 11.8 Å². The largest absolute Gasteiger partial charge is 0.431 e. The highest BCUT2D eigenvalue weighted by atomic mass is 32.2. The van der Waals surface area contributed by atoms with Crippen molar-refractivity contribution < 1.29 is 9.21 Å². The maximum Gasteiger partial charge on any atom is 0.257 e. The number of oxazole rings is 1. The number of fused-ring (bicyclic) bond motifs is 2. The minimum Gasteiger partial charge on any atom is -0.431 e. The second kappa shape index (κ2) is 6.17. The number of nitrogens with one attached hydrogen (secondary N) is 1. The van der Waals surface area contributed by atoms with E-state index < -0.39 is 0 Å². The molecule has 2 heterocycles. The Morgan fingerprint density at radius 3 is 2.92 bits per heavy atom. The molecule has 0 fully saturated rings. The van der Waals surface area contributed by atoms with Gasteiger partial charge in [-0.25, -0.2) is 4.98 Å². The molecule has 4 aromatic rings. The number of rotatable bonds is 5. The molecular weight excluding hydrogens is 320 g/mol. The summed E-state index contributed by atoms with van der Waals surface area (Å²) in [4.78, 5) is 20.2. The van der Waals surface area contributed by atoms with E-state index in [1.165, 1.54) is 17.3 Å². The van der Waals surface area contributed by atoms with E-state index in [9.17, 15) is 4.79 Å². The zero-order valence-electron chi connectivity index (χ0n) is 13.2. The number of benzene rings is 2. The molecule has 0 aliphatic heterocycles.